The summed E-state index contributed by atoms with van der Waals surface area (Å²) in [5.41, 5.74) is 1.74. The van der Waals surface area contributed by atoms with E-state index in [9.17, 15) is 13.2 Å². The highest BCUT2D eigenvalue weighted by Crippen LogP contribution is 2.37. The lowest BCUT2D eigenvalue weighted by Crippen LogP contribution is -2.24. The van der Waals surface area contributed by atoms with Gasteiger partial charge in [-0.1, -0.05) is 41.9 Å². The molecule has 1 aliphatic heterocycles. The van der Waals surface area contributed by atoms with E-state index in [4.69, 9.17) is 11.6 Å². The van der Waals surface area contributed by atoms with Crippen molar-refractivity contribution in [2.75, 3.05) is 0 Å². The number of fused-ring (bicyclic) bond motifs is 3. The minimum absolute atomic E-state index is 0.153. The summed E-state index contributed by atoms with van der Waals surface area (Å²) in [5, 5.41) is 0.552. The summed E-state index contributed by atoms with van der Waals surface area (Å²) in [4.78, 5) is 12.6. The molecule has 0 radical (unpaired) electrons. The zero-order valence-electron chi connectivity index (χ0n) is 11.7. The van der Waals surface area contributed by atoms with Gasteiger partial charge in [0.15, 0.2) is 0 Å². The van der Waals surface area contributed by atoms with E-state index in [0.717, 1.165) is 9.54 Å². The minimum atomic E-state index is -3.82. The fraction of sp³-hybridized carbons (Fsp3) is 0. The van der Waals surface area contributed by atoms with Crippen LogP contribution < -0.4 is 5.56 Å². The second kappa shape index (κ2) is 4.81. The molecule has 0 N–H and O–H groups in total. The third-order valence-corrected chi connectivity index (χ3v) is 5.83. The minimum Gasteiger partial charge on any atom is -0.268 e. The first kappa shape index (κ1) is 14.2. The summed E-state index contributed by atoms with van der Waals surface area (Å²) in [6, 6.07) is 16.7. The molecular formula is C17H10ClNO3S. The van der Waals surface area contributed by atoms with Crippen LogP contribution in [0.15, 0.2) is 70.4 Å². The lowest BCUT2D eigenvalue weighted by Gasteiger charge is -2.07. The lowest BCUT2D eigenvalue weighted by atomic mass is 10.0. The number of rotatable bonds is 1. The van der Waals surface area contributed by atoms with Crippen LogP contribution in [0.2, 0.25) is 5.02 Å². The molecule has 0 spiro atoms. The standard InChI is InChI=1S/C17H10ClNO3S/c18-13-5-3-4-11(8-13)12-9-15-14-6-1-2-7-16(14)23(21,22)19(15)17(20)10-12/h1-10H. The molecule has 1 aliphatic rings. The number of benzene rings is 2. The molecule has 0 unspecified atom stereocenters. The lowest BCUT2D eigenvalue weighted by molar-refractivity contribution is 0.589. The van der Waals surface area contributed by atoms with Crippen LogP contribution >= 0.6 is 11.6 Å². The Bertz CT molecular complexity index is 1120. The molecule has 0 aliphatic carbocycles. The molecule has 0 fully saturated rings. The van der Waals surface area contributed by atoms with E-state index in [0.29, 0.717) is 21.8 Å². The predicted octanol–water partition coefficient (Wildman–Crippen LogP) is 3.39. The molecule has 0 atom stereocenters. The van der Waals surface area contributed by atoms with Crippen LogP contribution in [0.4, 0.5) is 0 Å². The van der Waals surface area contributed by atoms with Crippen molar-refractivity contribution in [2.24, 2.45) is 0 Å². The third kappa shape index (κ3) is 2.04. The Hall–Kier alpha value is -2.37. The Morgan fingerprint density at radius 3 is 2.43 bits per heavy atom. The van der Waals surface area contributed by atoms with Crippen molar-refractivity contribution in [2.45, 2.75) is 4.90 Å². The second-order valence-electron chi connectivity index (χ2n) is 5.24. The number of hydrogen-bond acceptors (Lipinski definition) is 3. The molecule has 4 rings (SSSR count). The van der Waals surface area contributed by atoms with E-state index in [1.165, 1.54) is 12.1 Å². The molecule has 0 saturated carbocycles. The van der Waals surface area contributed by atoms with Crippen molar-refractivity contribution in [3.63, 3.8) is 0 Å². The van der Waals surface area contributed by atoms with Gasteiger partial charge in [0, 0.05) is 16.7 Å². The first-order valence-corrected chi connectivity index (χ1v) is 8.68. The Morgan fingerprint density at radius 2 is 1.65 bits per heavy atom. The smallest absolute Gasteiger partial charge is 0.268 e. The highest BCUT2D eigenvalue weighted by Gasteiger charge is 2.33. The van der Waals surface area contributed by atoms with Gasteiger partial charge in [-0.25, -0.2) is 8.42 Å². The van der Waals surface area contributed by atoms with Crippen LogP contribution in [0, 0.1) is 0 Å². The molecule has 2 aromatic carbocycles. The molecule has 0 saturated heterocycles. The first-order valence-electron chi connectivity index (χ1n) is 6.86. The van der Waals surface area contributed by atoms with Gasteiger partial charge < -0.3 is 0 Å². The molecule has 6 heteroatoms. The molecular weight excluding hydrogens is 334 g/mol. The monoisotopic (exact) mass is 343 g/mol. The van der Waals surface area contributed by atoms with Crippen molar-refractivity contribution in [3.8, 4) is 22.4 Å². The number of aromatic nitrogens is 1. The quantitative estimate of drug-likeness (QED) is 0.532. The van der Waals surface area contributed by atoms with Crippen LogP contribution in [0.5, 0.6) is 0 Å². The topological polar surface area (TPSA) is 56.1 Å². The Labute approximate surface area is 137 Å². The molecule has 23 heavy (non-hydrogen) atoms. The summed E-state index contributed by atoms with van der Waals surface area (Å²) >= 11 is 6.00. The fourth-order valence-electron chi connectivity index (χ4n) is 2.83. The van der Waals surface area contributed by atoms with Crippen molar-refractivity contribution in [1.29, 1.82) is 0 Å². The van der Waals surface area contributed by atoms with E-state index in [1.807, 2.05) is 6.07 Å². The largest absolute Gasteiger partial charge is 0.271 e. The summed E-state index contributed by atoms with van der Waals surface area (Å²) in [7, 11) is -3.82. The van der Waals surface area contributed by atoms with Crippen LogP contribution in [0.25, 0.3) is 22.4 Å². The highest BCUT2D eigenvalue weighted by molar-refractivity contribution is 7.90. The number of nitrogens with zero attached hydrogens (tertiary/aromatic N) is 1. The SMILES string of the molecule is O=c1cc(-c2cccc(Cl)c2)cc2n1S(=O)(=O)c1ccccc1-2. The maximum atomic E-state index is 12.5. The van der Waals surface area contributed by atoms with Crippen molar-refractivity contribution >= 4 is 21.6 Å². The van der Waals surface area contributed by atoms with Crippen LogP contribution in [-0.2, 0) is 10.0 Å². The summed E-state index contributed by atoms with van der Waals surface area (Å²) < 4.78 is 25.9. The molecule has 0 amide bonds. The summed E-state index contributed by atoms with van der Waals surface area (Å²) in [6.45, 7) is 0. The van der Waals surface area contributed by atoms with E-state index in [2.05, 4.69) is 0 Å². The number of pyridine rings is 1. The molecule has 0 bridgehead atoms. The highest BCUT2D eigenvalue weighted by atomic mass is 35.5. The van der Waals surface area contributed by atoms with Gasteiger partial charge in [0.05, 0.1) is 10.6 Å². The zero-order valence-corrected chi connectivity index (χ0v) is 13.3. The van der Waals surface area contributed by atoms with Gasteiger partial charge in [-0.2, -0.15) is 3.97 Å². The Balaban J connectivity index is 2.07. The van der Waals surface area contributed by atoms with Gasteiger partial charge in [0.1, 0.15) is 0 Å². The van der Waals surface area contributed by atoms with E-state index < -0.39 is 15.6 Å². The van der Waals surface area contributed by atoms with Gasteiger partial charge in [0.2, 0.25) is 0 Å². The van der Waals surface area contributed by atoms with Gasteiger partial charge in [-0.3, -0.25) is 4.79 Å². The Morgan fingerprint density at radius 1 is 0.870 bits per heavy atom. The maximum absolute atomic E-state index is 12.5. The zero-order chi connectivity index (χ0) is 16.2. The molecule has 3 aromatic rings. The first-order chi connectivity index (χ1) is 11.0. The second-order valence-corrected chi connectivity index (χ2v) is 7.43. The number of hydrogen-bond donors (Lipinski definition) is 0. The Kier molecular flexibility index (Phi) is 2.98. The van der Waals surface area contributed by atoms with Crippen molar-refractivity contribution < 1.29 is 8.42 Å². The molecule has 114 valence electrons. The summed E-state index contributed by atoms with van der Waals surface area (Å²) in [6.07, 6.45) is 0. The van der Waals surface area contributed by atoms with E-state index >= 15 is 0 Å². The van der Waals surface area contributed by atoms with E-state index in [-0.39, 0.29) is 4.90 Å². The van der Waals surface area contributed by atoms with Crippen LogP contribution in [0.3, 0.4) is 0 Å². The average molecular weight is 344 g/mol. The van der Waals surface area contributed by atoms with Crippen LogP contribution in [0.1, 0.15) is 0 Å². The maximum Gasteiger partial charge on any atom is 0.271 e. The van der Waals surface area contributed by atoms with Crippen molar-refractivity contribution in [1.82, 2.24) is 3.97 Å². The van der Waals surface area contributed by atoms with E-state index in [1.54, 1.807) is 42.5 Å². The fourth-order valence-corrected chi connectivity index (χ4v) is 4.62. The van der Waals surface area contributed by atoms with Crippen LogP contribution in [-0.4, -0.2) is 12.4 Å². The molecule has 4 nitrogen and oxygen atoms in total. The molecule has 1 aromatic heterocycles. The number of halogens is 1. The van der Waals surface area contributed by atoms with Gasteiger partial charge in [-0.05, 0) is 35.4 Å². The average Bonchev–Trinajstić information content (AvgIpc) is 2.76. The third-order valence-electron chi connectivity index (χ3n) is 3.83. The van der Waals surface area contributed by atoms with Crippen molar-refractivity contribution in [3.05, 3.63) is 76.0 Å². The van der Waals surface area contributed by atoms with Gasteiger partial charge in [-0.15, -0.1) is 0 Å². The van der Waals surface area contributed by atoms with Gasteiger partial charge in [0.25, 0.3) is 15.6 Å². The van der Waals surface area contributed by atoms with Gasteiger partial charge >= 0.3 is 0 Å². The summed E-state index contributed by atoms with van der Waals surface area (Å²) in [5.74, 6) is 0. The molecule has 2 heterocycles. The normalized spacial score (nSPS) is 14.3. The predicted molar refractivity (Wildman–Crippen MR) is 89.2 cm³/mol.